The van der Waals surface area contributed by atoms with Crippen molar-refractivity contribution >= 4 is 15.9 Å². The standard InChI is InChI=1S/C19H18N2O4S/c20-12-15-6-1-2-7-16(15)13-26(23,24)21-19(22)11-18-17-8-4-3-5-14(17)9-10-25-18/h1-8,18H,9-11,13H2,(H,21,22)/t18-/m0/s1. The highest BCUT2D eigenvalue weighted by atomic mass is 32.2. The van der Waals surface area contributed by atoms with Crippen molar-refractivity contribution in [1.29, 1.82) is 5.26 Å². The summed E-state index contributed by atoms with van der Waals surface area (Å²) in [5.74, 6) is -1.05. The molecule has 0 aromatic heterocycles. The number of benzene rings is 2. The van der Waals surface area contributed by atoms with E-state index in [2.05, 4.69) is 4.72 Å². The van der Waals surface area contributed by atoms with Gasteiger partial charge in [-0.05, 0) is 29.2 Å². The van der Waals surface area contributed by atoms with E-state index in [9.17, 15) is 13.2 Å². The van der Waals surface area contributed by atoms with Crippen LogP contribution in [0.2, 0.25) is 0 Å². The van der Waals surface area contributed by atoms with Crippen LogP contribution in [0, 0.1) is 11.3 Å². The van der Waals surface area contributed by atoms with Crippen molar-refractivity contribution < 1.29 is 17.9 Å². The van der Waals surface area contributed by atoms with Crippen LogP contribution < -0.4 is 4.72 Å². The predicted octanol–water partition coefficient (Wildman–Crippen LogP) is 2.21. The van der Waals surface area contributed by atoms with E-state index < -0.39 is 27.8 Å². The number of nitrogens with one attached hydrogen (secondary N) is 1. The number of hydrogen-bond donors (Lipinski definition) is 1. The summed E-state index contributed by atoms with van der Waals surface area (Å²) in [5, 5.41) is 9.06. The lowest BCUT2D eigenvalue weighted by atomic mass is 9.96. The van der Waals surface area contributed by atoms with Crippen LogP contribution in [0.3, 0.4) is 0 Å². The molecule has 1 aliphatic rings. The molecular weight excluding hydrogens is 352 g/mol. The van der Waals surface area contributed by atoms with Crippen molar-refractivity contribution in [2.45, 2.75) is 24.7 Å². The zero-order valence-corrected chi connectivity index (χ0v) is 14.8. The molecule has 0 aliphatic carbocycles. The Hall–Kier alpha value is -2.69. The topological polar surface area (TPSA) is 96.3 Å². The van der Waals surface area contributed by atoms with Gasteiger partial charge in [0, 0.05) is 0 Å². The van der Waals surface area contributed by atoms with Crippen molar-refractivity contribution in [1.82, 2.24) is 4.72 Å². The van der Waals surface area contributed by atoms with E-state index in [1.807, 2.05) is 30.3 Å². The first-order chi connectivity index (χ1) is 12.5. The minimum atomic E-state index is -3.90. The van der Waals surface area contributed by atoms with Gasteiger partial charge in [0.05, 0.1) is 36.5 Å². The molecule has 26 heavy (non-hydrogen) atoms. The maximum absolute atomic E-state index is 12.3. The molecule has 2 aromatic carbocycles. The first-order valence-electron chi connectivity index (χ1n) is 8.19. The summed E-state index contributed by atoms with van der Waals surface area (Å²) in [5.41, 5.74) is 2.66. The number of amides is 1. The first-order valence-corrected chi connectivity index (χ1v) is 9.84. The first kappa shape index (κ1) is 18.1. The van der Waals surface area contributed by atoms with Gasteiger partial charge < -0.3 is 4.74 Å². The maximum atomic E-state index is 12.3. The lowest BCUT2D eigenvalue weighted by Gasteiger charge is -2.25. The van der Waals surface area contributed by atoms with Crippen LogP contribution in [0.4, 0.5) is 0 Å². The van der Waals surface area contributed by atoms with Gasteiger partial charge in [0.15, 0.2) is 0 Å². The van der Waals surface area contributed by atoms with Crippen LogP contribution >= 0.6 is 0 Å². The number of carbonyl (C=O) groups excluding carboxylic acids is 1. The summed E-state index contributed by atoms with van der Waals surface area (Å²) >= 11 is 0. The van der Waals surface area contributed by atoms with Gasteiger partial charge in [-0.3, -0.25) is 9.52 Å². The van der Waals surface area contributed by atoms with Crippen molar-refractivity contribution in [2.24, 2.45) is 0 Å². The van der Waals surface area contributed by atoms with E-state index in [0.717, 1.165) is 17.5 Å². The van der Waals surface area contributed by atoms with Crippen molar-refractivity contribution in [3.63, 3.8) is 0 Å². The summed E-state index contributed by atoms with van der Waals surface area (Å²) in [6.07, 6.45) is 0.245. The molecule has 0 unspecified atom stereocenters. The molecule has 3 rings (SSSR count). The molecule has 0 bridgehead atoms. The Morgan fingerprint density at radius 2 is 1.92 bits per heavy atom. The number of fused-ring (bicyclic) bond motifs is 1. The van der Waals surface area contributed by atoms with E-state index in [4.69, 9.17) is 10.00 Å². The summed E-state index contributed by atoms with van der Waals surface area (Å²) in [7, 11) is -3.90. The average molecular weight is 370 g/mol. The molecule has 0 fully saturated rings. The average Bonchev–Trinajstić information content (AvgIpc) is 2.61. The Balaban J connectivity index is 1.67. The fourth-order valence-electron chi connectivity index (χ4n) is 3.03. The molecule has 1 atom stereocenters. The van der Waals surface area contributed by atoms with Gasteiger partial charge in [-0.25, -0.2) is 8.42 Å². The zero-order valence-electron chi connectivity index (χ0n) is 14.0. The third-order valence-electron chi connectivity index (χ3n) is 4.22. The predicted molar refractivity (Wildman–Crippen MR) is 95.4 cm³/mol. The van der Waals surface area contributed by atoms with E-state index in [-0.39, 0.29) is 12.0 Å². The second-order valence-electron chi connectivity index (χ2n) is 6.07. The van der Waals surface area contributed by atoms with Crippen LogP contribution in [0.1, 0.15) is 34.8 Å². The molecule has 2 aromatic rings. The SMILES string of the molecule is N#Cc1ccccc1CS(=O)(=O)NC(=O)C[C@@H]1OCCc2ccccc21. The van der Waals surface area contributed by atoms with Gasteiger partial charge in [-0.2, -0.15) is 5.26 Å². The largest absolute Gasteiger partial charge is 0.373 e. The highest BCUT2D eigenvalue weighted by molar-refractivity contribution is 7.89. The fourth-order valence-corrected chi connectivity index (χ4v) is 4.19. The molecule has 1 amide bonds. The quantitative estimate of drug-likeness (QED) is 0.870. The van der Waals surface area contributed by atoms with Crippen LogP contribution in [-0.4, -0.2) is 20.9 Å². The Bertz CT molecular complexity index is 963. The fraction of sp³-hybridized carbons (Fsp3) is 0.263. The van der Waals surface area contributed by atoms with Gasteiger partial charge >= 0.3 is 0 Å². The number of hydrogen-bond acceptors (Lipinski definition) is 5. The lowest BCUT2D eigenvalue weighted by Crippen LogP contribution is -2.33. The Morgan fingerprint density at radius 1 is 1.19 bits per heavy atom. The molecule has 6 nitrogen and oxygen atoms in total. The third kappa shape index (κ3) is 4.28. The van der Waals surface area contributed by atoms with Crippen molar-refractivity contribution in [3.8, 4) is 6.07 Å². The second-order valence-corrected chi connectivity index (χ2v) is 7.79. The lowest BCUT2D eigenvalue weighted by molar-refractivity contribution is -0.122. The van der Waals surface area contributed by atoms with Gasteiger partial charge in [-0.15, -0.1) is 0 Å². The van der Waals surface area contributed by atoms with E-state index >= 15 is 0 Å². The highest BCUT2D eigenvalue weighted by Gasteiger charge is 2.25. The maximum Gasteiger partial charge on any atom is 0.239 e. The number of carbonyl (C=O) groups is 1. The Kier molecular flexibility index (Phi) is 5.35. The summed E-state index contributed by atoms with van der Waals surface area (Å²) in [6.45, 7) is 0.497. The van der Waals surface area contributed by atoms with E-state index in [0.29, 0.717) is 12.2 Å². The molecule has 134 valence electrons. The molecule has 1 N–H and O–H groups in total. The number of nitrogens with zero attached hydrogens (tertiary/aromatic N) is 1. The highest BCUT2D eigenvalue weighted by Crippen LogP contribution is 2.29. The summed E-state index contributed by atoms with van der Waals surface area (Å²) < 4.78 is 32.3. The number of nitriles is 1. The van der Waals surface area contributed by atoms with Crippen molar-refractivity contribution in [2.75, 3.05) is 6.61 Å². The van der Waals surface area contributed by atoms with Gasteiger partial charge in [0.2, 0.25) is 15.9 Å². The molecule has 0 saturated carbocycles. The Labute approximate surface area is 152 Å². The van der Waals surface area contributed by atoms with Crippen LogP contribution in [0.15, 0.2) is 48.5 Å². The minimum Gasteiger partial charge on any atom is -0.373 e. The molecular formula is C19H18N2O4S. The molecule has 7 heteroatoms. The summed E-state index contributed by atoms with van der Waals surface area (Å²) in [4.78, 5) is 12.2. The van der Waals surface area contributed by atoms with Crippen LogP contribution in [-0.2, 0) is 31.7 Å². The second kappa shape index (κ2) is 7.68. The Morgan fingerprint density at radius 3 is 2.73 bits per heavy atom. The molecule has 0 spiro atoms. The monoisotopic (exact) mass is 370 g/mol. The normalized spacial score (nSPS) is 16.3. The molecule has 1 aliphatic heterocycles. The van der Waals surface area contributed by atoms with Gasteiger partial charge in [0.1, 0.15) is 0 Å². The molecule has 0 radical (unpaired) electrons. The van der Waals surface area contributed by atoms with Crippen LogP contribution in [0.25, 0.3) is 0 Å². The minimum absolute atomic E-state index is 0.0733. The van der Waals surface area contributed by atoms with E-state index in [1.165, 1.54) is 0 Å². The van der Waals surface area contributed by atoms with Gasteiger partial charge in [-0.1, -0.05) is 42.5 Å². The van der Waals surface area contributed by atoms with Crippen LogP contribution in [0.5, 0.6) is 0 Å². The third-order valence-corrected chi connectivity index (χ3v) is 5.45. The molecule has 1 heterocycles. The number of rotatable bonds is 5. The smallest absolute Gasteiger partial charge is 0.239 e. The van der Waals surface area contributed by atoms with E-state index in [1.54, 1.807) is 24.3 Å². The zero-order chi connectivity index (χ0) is 18.6. The number of sulfonamides is 1. The number of ether oxygens (including phenoxy) is 1. The van der Waals surface area contributed by atoms with Crippen molar-refractivity contribution in [3.05, 3.63) is 70.8 Å². The molecule has 0 saturated heterocycles. The summed E-state index contributed by atoms with van der Waals surface area (Å²) in [6, 6.07) is 16.0. The van der Waals surface area contributed by atoms with Gasteiger partial charge in [0.25, 0.3) is 0 Å².